The van der Waals surface area contributed by atoms with Crippen LogP contribution in [0.25, 0.3) is 0 Å². The molecule has 2 aromatic rings. The van der Waals surface area contributed by atoms with Crippen LogP contribution in [0.2, 0.25) is 0 Å². The summed E-state index contributed by atoms with van der Waals surface area (Å²) in [7, 11) is -3.56. The Hall–Kier alpha value is -2.67. The number of nitro groups is 1. The number of halogens is 1. The fourth-order valence-electron chi connectivity index (χ4n) is 3.14. The van der Waals surface area contributed by atoms with Gasteiger partial charge in [-0.25, -0.2) is 13.8 Å². The van der Waals surface area contributed by atoms with Crippen LogP contribution in [0, 0.1) is 10.1 Å². The number of hydrogen-bond acceptors (Lipinski definition) is 6. The van der Waals surface area contributed by atoms with Gasteiger partial charge in [-0.05, 0) is 24.3 Å². The van der Waals surface area contributed by atoms with Crippen molar-refractivity contribution >= 4 is 43.8 Å². The van der Waals surface area contributed by atoms with Crippen LogP contribution >= 0.6 is 15.9 Å². The van der Waals surface area contributed by atoms with Crippen molar-refractivity contribution in [3.63, 3.8) is 0 Å². The number of nitrogens with zero attached hydrogens (tertiary/aromatic N) is 3. The van der Waals surface area contributed by atoms with Gasteiger partial charge in [-0.2, -0.15) is 9.41 Å². The SMILES string of the molecule is O=C(C[NH+]1CCN(S(=O)(=O)c2ccc(Br)cc2)CC1)N/N=C/c1cccc([N+](=O)[O-])c1. The molecule has 0 radical (unpaired) electrons. The number of nitrogens with one attached hydrogen (secondary N) is 2. The Balaban J connectivity index is 1.48. The molecule has 164 valence electrons. The van der Waals surface area contributed by atoms with E-state index in [0.29, 0.717) is 31.7 Å². The molecular formula is C19H21BrN5O5S+. The summed E-state index contributed by atoms with van der Waals surface area (Å²) in [4.78, 5) is 23.6. The Kier molecular flexibility index (Phi) is 7.49. The van der Waals surface area contributed by atoms with Crippen molar-refractivity contribution in [2.75, 3.05) is 32.7 Å². The van der Waals surface area contributed by atoms with Crippen LogP contribution in [-0.2, 0) is 14.8 Å². The van der Waals surface area contributed by atoms with Gasteiger partial charge in [0.15, 0.2) is 6.54 Å². The first kappa shape index (κ1) is 23.0. The number of carbonyl (C=O) groups excluding carboxylic acids is 1. The number of hydrogen-bond donors (Lipinski definition) is 2. The zero-order valence-electron chi connectivity index (χ0n) is 16.4. The van der Waals surface area contributed by atoms with E-state index in [0.717, 1.165) is 9.37 Å². The topological polar surface area (TPSA) is 126 Å². The van der Waals surface area contributed by atoms with Gasteiger partial charge in [0.1, 0.15) is 0 Å². The predicted octanol–water partition coefficient (Wildman–Crippen LogP) is 0.397. The van der Waals surface area contributed by atoms with E-state index in [1.54, 1.807) is 30.3 Å². The van der Waals surface area contributed by atoms with Gasteiger partial charge in [0.05, 0.1) is 42.2 Å². The molecule has 3 rings (SSSR count). The quantitative estimate of drug-likeness (QED) is 0.316. The summed E-state index contributed by atoms with van der Waals surface area (Å²) in [6.45, 7) is 1.78. The van der Waals surface area contributed by atoms with E-state index in [9.17, 15) is 23.3 Å². The summed E-state index contributed by atoms with van der Waals surface area (Å²) in [5, 5.41) is 14.6. The molecule has 0 bridgehead atoms. The summed E-state index contributed by atoms with van der Waals surface area (Å²) in [6, 6.07) is 12.4. The number of amides is 1. The molecule has 2 N–H and O–H groups in total. The molecule has 0 spiro atoms. The van der Waals surface area contributed by atoms with Gasteiger partial charge in [-0.3, -0.25) is 14.9 Å². The summed E-state index contributed by atoms with van der Waals surface area (Å²) in [5.74, 6) is -0.319. The van der Waals surface area contributed by atoms with E-state index in [2.05, 4.69) is 26.5 Å². The monoisotopic (exact) mass is 510 g/mol. The second-order valence-electron chi connectivity index (χ2n) is 6.93. The lowest BCUT2D eigenvalue weighted by Crippen LogP contribution is -3.15. The lowest BCUT2D eigenvalue weighted by atomic mass is 10.2. The minimum atomic E-state index is -3.56. The Morgan fingerprint density at radius 3 is 2.55 bits per heavy atom. The van der Waals surface area contributed by atoms with E-state index < -0.39 is 14.9 Å². The van der Waals surface area contributed by atoms with E-state index in [4.69, 9.17) is 0 Å². The van der Waals surface area contributed by atoms with Gasteiger partial charge < -0.3 is 4.90 Å². The van der Waals surface area contributed by atoms with Crippen molar-refractivity contribution in [2.45, 2.75) is 4.90 Å². The van der Waals surface area contributed by atoms with Crippen molar-refractivity contribution in [1.82, 2.24) is 9.73 Å². The Labute approximate surface area is 187 Å². The molecule has 1 fully saturated rings. The molecule has 0 unspecified atom stereocenters. The molecule has 31 heavy (non-hydrogen) atoms. The Morgan fingerprint density at radius 1 is 1.23 bits per heavy atom. The summed E-state index contributed by atoms with van der Waals surface area (Å²) in [6.07, 6.45) is 1.34. The van der Waals surface area contributed by atoms with Crippen molar-refractivity contribution < 1.29 is 23.0 Å². The normalized spacial score (nSPS) is 15.8. The molecule has 1 aliphatic rings. The third-order valence-corrected chi connectivity index (χ3v) is 7.22. The molecule has 10 nitrogen and oxygen atoms in total. The van der Waals surface area contributed by atoms with Gasteiger partial charge in [0.2, 0.25) is 10.0 Å². The standard InChI is InChI=1S/C19H20BrN5O5S/c20-16-4-6-18(7-5-16)31(29,30)24-10-8-23(9-11-24)14-19(26)22-21-13-15-2-1-3-17(12-15)25(27)28/h1-7,12-13H,8-11,14H2,(H,22,26)/p+1/b21-13+. The highest BCUT2D eigenvalue weighted by molar-refractivity contribution is 9.10. The molecule has 2 aromatic carbocycles. The minimum Gasteiger partial charge on any atom is -0.325 e. The van der Waals surface area contributed by atoms with Gasteiger partial charge in [-0.1, -0.05) is 28.1 Å². The number of hydrazone groups is 1. The van der Waals surface area contributed by atoms with Crippen LogP contribution in [0.5, 0.6) is 0 Å². The van der Waals surface area contributed by atoms with Gasteiger partial charge >= 0.3 is 0 Å². The average molecular weight is 511 g/mol. The summed E-state index contributed by atoms with van der Waals surface area (Å²) >= 11 is 3.29. The minimum absolute atomic E-state index is 0.0596. The molecule has 0 aliphatic carbocycles. The molecular weight excluding hydrogens is 490 g/mol. The van der Waals surface area contributed by atoms with Crippen LogP contribution in [0.3, 0.4) is 0 Å². The molecule has 0 saturated carbocycles. The third-order valence-electron chi connectivity index (χ3n) is 4.78. The molecule has 0 atom stereocenters. The van der Waals surface area contributed by atoms with Crippen LogP contribution in [0.4, 0.5) is 5.69 Å². The zero-order chi connectivity index (χ0) is 22.4. The molecule has 1 aliphatic heterocycles. The largest absolute Gasteiger partial charge is 0.325 e. The second-order valence-corrected chi connectivity index (χ2v) is 9.78. The number of non-ortho nitro benzene ring substituents is 1. The fourth-order valence-corrected chi connectivity index (χ4v) is 4.85. The first-order chi connectivity index (χ1) is 14.8. The second kappa shape index (κ2) is 10.1. The van der Waals surface area contributed by atoms with Gasteiger partial charge in [0, 0.05) is 22.2 Å². The molecule has 0 aromatic heterocycles. The first-order valence-electron chi connectivity index (χ1n) is 9.41. The Bertz CT molecular complexity index is 1080. The molecule has 1 amide bonds. The Morgan fingerprint density at radius 2 is 1.90 bits per heavy atom. The van der Waals surface area contributed by atoms with Crippen LogP contribution in [0.15, 0.2) is 63.0 Å². The lowest BCUT2D eigenvalue weighted by Gasteiger charge is -2.31. The number of carbonyl (C=O) groups is 1. The smallest absolute Gasteiger partial charge is 0.295 e. The molecule has 1 saturated heterocycles. The number of sulfonamides is 1. The number of piperazine rings is 1. The van der Waals surface area contributed by atoms with Gasteiger partial charge in [0.25, 0.3) is 11.6 Å². The number of rotatable bonds is 7. The van der Waals surface area contributed by atoms with Crippen LogP contribution in [0.1, 0.15) is 5.56 Å². The summed E-state index contributed by atoms with van der Waals surface area (Å²) in [5.41, 5.74) is 2.84. The van der Waals surface area contributed by atoms with E-state index >= 15 is 0 Å². The predicted molar refractivity (Wildman–Crippen MR) is 117 cm³/mol. The first-order valence-corrected chi connectivity index (χ1v) is 11.6. The highest BCUT2D eigenvalue weighted by Crippen LogP contribution is 2.18. The van der Waals surface area contributed by atoms with Crippen molar-refractivity contribution in [2.24, 2.45) is 5.10 Å². The van der Waals surface area contributed by atoms with E-state index in [1.165, 1.54) is 28.7 Å². The van der Waals surface area contributed by atoms with E-state index in [1.807, 2.05) is 0 Å². The van der Waals surface area contributed by atoms with Crippen LogP contribution in [-0.4, -0.2) is 62.5 Å². The maximum Gasteiger partial charge on any atom is 0.295 e. The zero-order valence-corrected chi connectivity index (χ0v) is 18.8. The average Bonchev–Trinajstić information content (AvgIpc) is 2.74. The number of nitro benzene ring substituents is 1. The third kappa shape index (κ3) is 6.17. The van der Waals surface area contributed by atoms with Crippen molar-refractivity contribution in [3.05, 3.63) is 68.7 Å². The highest BCUT2D eigenvalue weighted by Gasteiger charge is 2.31. The maximum atomic E-state index is 12.7. The lowest BCUT2D eigenvalue weighted by molar-refractivity contribution is -0.895. The van der Waals surface area contributed by atoms with Gasteiger partial charge in [-0.15, -0.1) is 0 Å². The number of benzene rings is 2. The van der Waals surface area contributed by atoms with E-state index in [-0.39, 0.29) is 23.0 Å². The summed E-state index contributed by atoms with van der Waals surface area (Å²) < 4.78 is 27.7. The van der Waals surface area contributed by atoms with Crippen molar-refractivity contribution in [1.29, 1.82) is 0 Å². The highest BCUT2D eigenvalue weighted by atomic mass is 79.9. The molecule has 1 heterocycles. The maximum absolute atomic E-state index is 12.7. The number of quaternary nitrogens is 1. The molecule has 12 heteroatoms. The fraction of sp³-hybridized carbons (Fsp3) is 0.263. The van der Waals surface area contributed by atoms with Crippen LogP contribution < -0.4 is 10.3 Å². The van der Waals surface area contributed by atoms with Crippen molar-refractivity contribution in [3.8, 4) is 0 Å².